The SMILES string of the molecule is CN=C(NC1CC1c1ccccc1)N1CCN(CC(=O)N2CCCCC2)CC1. The third kappa shape index (κ3) is 4.66. The fourth-order valence-electron chi connectivity index (χ4n) is 4.44. The smallest absolute Gasteiger partial charge is 0.236 e. The molecule has 2 unspecified atom stereocenters. The zero-order chi connectivity index (χ0) is 19.3. The Morgan fingerprint density at radius 3 is 2.39 bits per heavy atom. The lowest BCUT2D eigenvalue weighted by molar-refractivity contribution is -0.133. The first-order valence-corrected chi connectivity index (χ1v) is 10.8. The first kappa shape index (κ1) is 19.2. The molecule has 0 aromatic heterocycles. The van der Waals surface area contributed by atoms with E-state index in [0.717, 1.165) is 58.1 Å². The van der Waals surface area contributed by atoms with Crippen molar-refractivity contribution in [2.45, 2.75) is 37.6 Å². The summed E-state index contributed by atoms with van der Waals surface area (Å²) in [6.45, 7) is 6.16. The summed E-state index contributed by atoms with van der Waals surface area (Å²) >= 11 is 0. The summed E-state index contributed by atoms with van der Waals surface area (Å²) in [6.07, 6.45) is 4.76. The van der Waals surface area contributed by atoms with Gasteiger partial charge in [0, 0.05) is 58.3 Å². The maximum atomic E-state index is 12.5. The zero-order valence-corrected chi connectivity index (χ0v) is 17.0. The van der Waals surface area contributed by atoms with Crippen molar-refractivity contribution in [1.82, 2.24) is 20.0 Å². The number of piperazine rings is 1. The summed E-state index contributed by atoms with van der Waals surface area (Å²) in [5.41, 5.74) is 1.41. The predicted octanol–water partition coefficient (Wildman–Crippen LogP) is 1.75. The van der Waals surface area contributed by atoms with Crippen LogP contribution in [0.4, 0.5) is 0 Å². The van der Waals surface area contributed by atoms with Gasteiger partial charge in [0.05, 0.1) is 6.54 Å². The van der Waals surface area contributed by atoms with Crippen LogP contribution in [0.2, 0.25) is 0 Å². The molecule has 1 aromatic carbocycles. The lowest BCUT2D eigenvalue weighted by atomic mass is 10.1. The fourth-order valence-corrected chi connectivity index (χ4v) is 4.44. The molecule has 6 heteroatoms. The van der Waals surface area contributed by atoms with Crippen molar-refractivity contribution < 1.29 is 4.79 Å². The van der Waals surface area contributed by atoms with Crippen molar-refractivity contribution in [2.75, 3.05) is 52.9 Å². The van der Waals surface area contributed by atoms with E-state index in [9.17, 15) is 4.79 Å². The summed E-state index contributed by atoms with van der Waals surface area (Å²) in [5, 5.41) is 3.65. The van der Waals surface area contributed by atoms with E-state index >= 15 is 0 Å². The molecule has 152 valence electrons. The number of nitrogens with one attached hydrogen (secondary N) is 1. The normalized spacial score (nSPS) is 26.2. The molecule has 1 aliphatic carbocycles. The Morgan fingerprint density at radius 1 is 1.00 bits per heavy atom. The highest BCUT2D eigenvalue weighted by Gasteiger charge is 2.39. The Balaban J connectivity index is 1.22. The van der Waals surface area contributed by atoms with Crippen LogP contribution < -0.4 is 5.32 Å². The molecule has 0 spiro atoms. The molecule has 4 rings (SSSR count). The van der Waals surface area contributed by atoms with Gasteiger partial charge in [0.15, 0.2) is 5.96 Å². The summed E-state index contributed by atoms with van der Waals surface area (Å²) in [7, 11) is 1.87. The van der Waals surface area contributed by atoms with E-state index in [1.165, 1.54) is 18.4 Å². The number of carbonyl (C=O) groups is 1. The van der Waals surface area contributed by atoms with E-state index in [1.807, 2.05) is 11.9 Å². The van der Waals surface area contributed by atoms with Gasteiger partial charge >= 0.3 is 0 Å². The average molecular weight is 384 g/mol. The minimum Gasteiger partial charge on any atom is -0.353 e. The number of piperidine rings is 1. The van der Waals surface area contributed by atoms with Crippen LogP contribution in [0, 0.1) is 0 Å². The Labute approximate surface area is 168 Å². The number of guanidine groups is 1. The average Bonchev–Trinajstić information content (AvgIpc) is 3.53. The van der Waals surface area contributed by atoms with Crippen LogP contribution in [0.5, 0.6) is 0 Å². The van der Waals surface area contributed by atoms with Crippen LogP contribution in [-0.2, 0) is 4.79 Å². The van der Waals surface area contributed by atoms with Gasteiger partial charge in [-0.15, -0.1) is 0 Å². The van der Waals surface area contributed by atoms with Crippen molar-refractivity contribution in [2.24, 2.45) is 4.99 Å². The highest BCUT2D eigenvalue weighted by Crippen LogP contribution is 2.40. The number of hydrogen-bond donors (Lipinski definition) is 1. The number of nitrogens with zero attached hydrogens (tertiary/aromatic N) is 4. The number of likely N-dealkylation sites (tertiary alicyclic amines) is 1. The van der Waals surface area contributed by atoms with Gasteiger partial charge in [0.2, 0.25) is 5.91 Å². The highest BCUT2D eigenvalue weighted by atomic mass is 16.2. The van der Waals surface area contributed by atoms with E-state index in [-0.39, 0.29) is 0 Å². The van der Waals surface area contributed by atoms with E-state index in [1.54, 1.807) is 0 Å². The first-order chi connectivity index (χ1) is 13.7. The van der Waals surface area contributed by atoms with Crippen LogP contribution in [-0.4, -0.2) is 85.5 Å². The van der Waals surface area contributed by atoms with Gasteiger partial charge in [0.25, 0.3) is 0 Å². The van der Waals surface area contributed by atoms with Crippen molar-refractivity contribution in [3.05, 3.63) is 35.9 Å². The predicted molar refractivity (Wildman–Crippen MR) is 113 cm³/mol. The van der Waals surface area contributed by atoms with Crippen LogP contribution in [0.25, 0.3) is 0 Å². The Morgan fingerprint density at radius 2 is 1.71 bits per heavy atom. The second-order valence-electron chi connectivity index (χ2n) is 8.26. The second kappa shape index (κ2) is 8.95. The third-order valence-electron chi connectivity index (χ3n) is 6.28. The molecule has 3 fully saturated rings. The molecule has 6 nitrogen and oxygen atoms in total. The van der Waals surface area contributed by atoms with Gasteiger partial charge in [-0.3, -0.25) is 14.7 Å². The minimum absolute atomic E-state index is 0.305. The second-order valence-corrected chi connectivity index (χ2v) is 8.26. The molecule has 1 saturated carbocycles. The van der Waals surface area contributed by atoms with E-state index in [0.29, 0.717) is 24.4 Å². The van der Waals surface area contributed by atoms with E-state index < -0.39 is 0 Å². The number of hydrogen-bond acceptors (Lipinski definition) is 3. The molecule has 1 aromatic rings. The fraction of sp³-hybridized carbons (Fsp3) is 0.636. The molecule has 2 saturated heterocycles. The molecule has 0 radical (unpaired) electrons. The zero-order valence-electron chi connectivity index (χ0n) is 17.0. The van der Waals surface area contributed by atoms with E-state index in [2.05, 4.69) is 50.4 Å². The molecular weight excluding hydrogens is 350 g/mol. The van der Waals surface area contributed by atoms with Crippen molar-refractivity contribution in [3.63, 3.8) is 0 Å². The van der Waals surface area contributed by atoms with Crippen LogP contribution in [0.1, 0.15) is 37.2 Å². The monoisotopic (exact) mass is 383 g/mol. The molecule has 1 amide bonds. The summed E-state index contributed by atoms with van der Waals surface area (Å²) in [5.74, 6) is 1.91. The molecule has 2 aliphatic heterocycles. The topological polar surface area (TPSA) is 51.2 Å². The Bertz CT molecular complexity index is 677. The molecule has 2 atom stereocenters. The molecule has 3 aliphatic rings. The van der Waals surface area contributed by atoms with E-state index in [4.69, 9.17) is 0 Å². The summed E-state index contributed by atoms with van der Waals surface area (Å²) in [6, 6.07) is 11.2. The van der Waals surface area contributed by atoms with Crippen LogP contribution in [0.15, 0.2) is 35.3 Å². The summed E-state index contributed by atoms with van der Waals surface area (Å²) < 4.78 is 0. The lowest BCUT2D eigenvalue weighted by Gasteiger charge is -2.37. The lowest BCUT2D eigenvalue weighted by Crippen LogP contribution is -2.54. The molecular formula is C22H33N5O. The van der Waals surface area contributed by atoms with Gasteiger partial charge in [-0.25, -0.2) is 0 Å². The Kier molecular flexibility index (Phi) is 6.15. The van der Waals surface area contributed by atoms with Gasteiger partial charge in [0.1, 0.15) is 0 Å². The van der Waals surface area contributed by atoms with Gasteiger partial charge in [-0.1, -0.05) is 30.3 Å². The number of rotatable bonds is 4. The van der Waals surface area contributed by atoms with Crippen LogP contribution in [0.3, 0.4) is 0 Å². The minimum atomic E-state index is 0.305. The van der Waals surface area contributed by atoms with Crippen molar-refractivity contribution in [3.8, 4) is 0 Å². The number of amides is 1. The first-order valence-electron chi connectivity index (χ1n) is 10.8. The quantitative estimate of drug-likeness (QED) is 0.636. The third-order valence-corrected chi connectivity index (χ3v) is 6.28. The maximum Gasteiger partial charge on any atom is 0.236 e. The molecule has 1 N–H and O–H groups in total. The Hall–Kier alpha value is -2.08. The van der Waals surface area contributed by atoms with Gasteiger partial charge in [-0.05, 0) is 31.2 Å². The molecule has 0 bridgehead atoms. The largest absolute Gasteiger partial charge is 0.353 e. The number of carbonyl (C=O) groups excluding carboxylic acids is 1. The highest BCUT2D eigenvalue weighted by molar-refractivity contribution is 5.81. The van der Waals surface area contributed by atoms with Crippen molar-refractivity contribution in [1.29, 1.82) is 0 Å². The standard InChI is InChI=1S/C22H33N5O/c1-23-22(24-20-16-19(20)18-8-4-2-5-9-18)27-14-12-25(13-15-27)17-21(28)26-10-6-3-7-11-26/h2,4-5,8-9,19-20H,3,6-7,10-17H2,1H3,(H,23,24). The number of benzene rings is 1. The summed E-state index contributed by atoms with van der Waals surface area (Å²) in [4.78, 5) is 23.7. The number of aliphatic imine (C=N–C) groups is 1. The molecule has 2 heterocycles. The maximum absolute atomic E-state index is 12.5. The van der Waals surface area contributed by atoms with Gasteiger partial charge < -0.3 is 15.1 Å². The molecule has 28 heavy (non-hydrogen) atoms. The van der Waals surface area contributed by atoms with Crippen LogP contribution >= 0.6 is 0 Å². The van der Waals surface area contributed by atoms with Gasteiger partial charge in [-0.2, -0.15) is 0 Å². The van der Waals surface area contributed by atoms with Crippen molar-refractivity contribution >= 4 is 11.9 Å².